The second-order valence-electron chi connectivity index (χ2n) is 26.1. The first-order valence-electron chi connectivity index (χ1n) is 38.9. The van der Waals surface area contributed by atoms with Gasteiger partial charge >= 0.3 is 0 Å². The van der Waals surface area contributed by atoms with Crippen LogP contribution < -0.4 is 0 Å². The maximum atomic E-state index is 11.6. The maximum absolute atomic E-state index is 11.6. The third-order valence-electron chi connectivity index (χ3n) is 16.7. The van der Waals surface area contributed by atoms with Gasteiger partial charge in [0.1, 0.15) is 5.78 Å². The number of carbonyl (C=O) groups excluding carboxylic acids is 1. The molecule has 0 saturated carbocycles. The van der Waals surface area contributed by atoms with Gasteiger partial charge in [-0.1, -0.05) is 380 Å². The normalized spacial score (nSPS) is 14.6. The van der Waals surface area contributed by atoms with Crippen LogP contribution in [0.5, 0.6) is 0 Å². The molecular formula is C80H160O3Si2. The summed E-state index contributed by atoms with van der Waals surface area (Å²) in [6.45, 7) is 24.3. The van der Waals surface area contributed by atoms with Gasteiger partial charge in [0.25, 0.3) is 0 Å². The van der Waals surface area contributed by atoms with Crippen LogP contribution in [-0.4, -0.2) is 43.5 Å². The topological polar surface area (TPSA) is 35.5 Å². The number of hydrogen-bond acceptors (Lipinski definition) is 3. The molecule has 2 atom stereocenters. The SMILES string of the molecule is C1=CCC=C1.CC#CCCCCCCCCC.CCCCCCCCCC1OC(C)(C)OC1CCCCCCC.CCCCCCCCCC=CC[SiH3].CCCCCCCCCCC(=O)CCCCCCC.CCCCCCCCCC[SiH2]CC. The van der Waals surface area contributed by atoms with E-state index in [9.17, 15) is 4.79 Å². The number of Topliss-reactive ketones (excluding diaryl/α,β-unsaturated/α-hetero) is 1. The maximum Gasteiger partial charge on any atom is 0.163 e. The Morgan fingerprint density at radius 3 is 1.08 bits per heavy atom. The highest BCUT2D eigenvalue weighted by molar-refractivity contribution is 6.35. The van der Waals surface area contributed by atoms with E-state index >= 15 is 0 Å². The van der Waals surface area contributed by atoms with E-state index in [0.29, 0.717) is 27.5 Å². The van der Waals surface area contributed by atoms with Crippen LogP contribution in [0.25, 0.3) is 0 Å². The van der Waals surface area contributed by atoms with E-state index in [-0.39, 0.29) is 5.79 Å². The van der Waals surface area contributed by atoms with Crippen molar-refractivity contribution in [3.63, 3.8) is 0 Å². The fourth-order valence-electron chi connectivity index (χ4n) is 11.1. The minimum absolute atomic E-state index is 0.326. The summed E-state index contributed by atoms with van der Waals surface area (Å²) < 4.78 is 12.3. The highest BCUT2D eigenvalue weighted by atomic mass is 28.2. The summed E-state index contributed by atoms with van der Waals surface area (Å²) in [6, 6.07) is 4.44. The van der Waals surface area contributed by atoms with Gasteiger partial charge < -0.3 is 9.47 Å². The standard InChI is InChI=1S/C21H42O2.C18H36O.C12H28Si.C12H26Si.C12H22.C5H6/c1-5-7-9-11-12-14-16-18-20-19(22-21(3,4)23-20)17-15-13-10-8-6-2;1-3-5-7-9-10-11-13-15-17-18(19)16-14-12-8-6-4-2;1-3-5-6-7-8-9-10-11-12-13-4-2;1-2-3-4-5-6-7-8-9-10-11-12-13;1-3-5-7-9-11-12-10-8-6-4-2;1-2-4-5-3-1/h19-20H,5-18H2,1-4H3;3-17H2,1-2H3;3-13H2,1-2H3;10-11H,2-9,12H2,1,13H3;3,5,7-12H2,1-2H3;1-4H,5H2. The van der Waals surface area contributed by atoms with Crippen LogP contribution in [0, 0.1) is 11.8 Å². The summed E-state index contributed by atoms with van der Waals surface area (Å²) in [6.07, 6.45) is 85.9. The fourth-order valence-corrected chi connectivity index (χ4v) is 12.6. The number of unbranched alkanes of at least 4 members (excludes halogenated alkanes) is 42. The van der Waals surface area contributed by atoms with Crippen LogP contribution in [0.4, 0.5) is 0 Å². The number of allylic oxidation sites excluding steroid dienone is 6. The van der Waals surface area contributed by atoms with Crippen molar-refractivity contribution in [1.82, 2.24) is 0 Å². The number of ketones is 1. The van der Waals surface area contributed by atoms with E-state index in [1.807, 2.05) is 6.92 Å². The molecule has 1 aliphatic heterocycles. The second-order valence-corrected chi connectivity index (χ2v) is 29.3. The molecule has 2 rings (SSSR count). The van der Waals surface area contributed by atoms with Gasteiger partial charge in [-0.05, 0) is 78.2 Å². The smallest absolute Gasteiger partial charge is 0.163 e. The molecule has 0 aromatic rings. The number of ether oxygens (including phenoxy) is 2. The minimum Gasteiger partial charge on any atom is -0.345 e. The van der Waals surface area contributed by atoms with Gasteiger partial charge in [0.05, 0.1) is 12.2 Å². The lowest BCUT2D eigenvalue weighted by Gasteiger charge is -2.16. The molecule has 0 radical (unpaired) electrons. The number of rotatable bonds is 55. The van der Waals surface area contributed by atoms with Gasteiger partial charge in [0.2, 0.25) is 0 Å². The summed E-state index contributed by atoms with van der Waals surface area (Å²) in [5.74, 6) is 6.16. The van der Waals surface area contributed by atoms with E-state index in [1.54, 1.807) is 6.04 Å². The van der Waals surface area contributed by atoms with Crippen LogP contribution in [-0.2, 0) is 14.3 Å². The molecular weight excluding hydrogens is 1070 g/mol. The molecule has 506 valence electrons. The van der Waals surface area contributed by atoms with Crippen molar-refractivity contribution in [3.8, 4) is 11.8 Å². The average molecular weight is 1230 g/mol. The summed E-state index contributed by atoms with van der Waals surface area (Å²) in [7, 11) is 1.70. The molecule has 5 heteroatoms. The fraction of sp³-hybridized carbons (Fsp3) is 0.887. The Hall–Kier alpha value is -1.20. The van der Waals surface area contributed by atoms with Crippen molar-refractivity contribution >= 4 is 25.5 Å². The first-order chi connectivity index (χ1) is 41.6. The highest BCUT2D eigenvalue weighted by Gasteiger charge is 2.40. The van der Waals surface area contributed by atoms with E-state index in [2.05, 4.69) is 118 Å². The zero-order valence-corrected chi connectivity index (χ0v) is 64.3. The average Bonchev–Trinajstić information content (AvgIpc) is 3.58. The van der Waals surface area contributed by atoms with Crippen LogP contribution in [0.3, 0.4) is 0 Å². The van der Waals surface area contributed by atoms with E-state index in [4.69, 9.17) is 9.47 Å². The summed E-state index contributed by atoms with van der Waals surface area (Å²) in [5.41, 5.74) is 0. The number of carbonyl (C=O) groups is 1. The van der Waals surface area contributed by atoms with Crippen molar-refractivity contribution in [1.29, 1.82) is 0 Å². The van der Waals surface area contributed by atoms with Crippen molar-refractivity contribution in [3.05, 3.63) is 36.5 Å². The molecule has 0 N–H and O–H groups in total. The quantitative estimate of drug-likeness (QED) is 0.0263. The molecule has 1 fully saturated rings. The van der Waals surface area contributed by atoms with Crippen LogP contribution in [0.15, 0.2) is 36.5 Å². The van der Waals surface area contributed by atoms with E-state index in [1.165, 1.54) is 331 Å². The zero-order chi connectivity index (χ0) is 63.3. The lowest BCUT2D eigenvalue weighted by Crippen LogP contribution is -2.22. The first kappa shape index (κ1) is 90.2. The molecule has 1 aliphatic carbocycles. The minimum atomic E-state index is -0.375. The van der Waals surface area contributed by atoms with Gasteiger partial charge in [-0.2, -0.15) is 0 Å². The molecule has 2 aliphatic rings. The Bertz CT molecular complexity index is 1340. The largest absolute Gasteiger partial charge is 0.345 e. The molecule has 1 saturated heterocycles. The molecule has 2 unspecified atom stereocenters. The molecule has 3 nitrogen and oxygen atoms in total. The van der Waals surface area contributed by atoms with E-state index < -0.39 is 0 Å². The highest BCUT2D eigenvalue weighted by Crippen LogP contribution is 2.34. The Morgan fingerprint density at radius 2 is 0.765 bits per heavy atom. The Labute approximate surface area is 544 Å². The number of hydrogen-bond donors (Lipinski definition) is 0. The summed E-state index contributed by atoms with van der Waals surface area (Å²) in [4.78, 5) is 11.6. The van der Waals surface area contributed by atoms with Gasteiger partial charge in [-0.25, -0.2) is 0 Å². The summed E-state index contributed by atoms with van der Waals surface area (Å²) in [5, 5.41) is 0. The third kappa shape index (κ3) is 84.9. The van der Waals surface area contributed by atoms with Crippen molar-refractivity contribution in [2.75, 3.05) is 0 Å². The summed E-state index contributed by atoms with van der Waals surface area (Å²) >= 11 is 0. The van der Waals surface area contributed by atoms with Crippen molar-refractivity contribution in [2.24, 2.45) is 0 Å². The Kier molecular flexibility index (Phi) is 87.9. The Morgan fingerprint density at radius 1 is 0.447 bits per heavy atom. The molecule has 0 spiro atoms. The molecule has 0 bridgehead atoms. The molecule has 0 aromatic carbocycles. The zero-order valence-electron chi connectivity index (χ0n) is 60.9. The second kappa shape index (κ2) is 82.8. The molecule has 1 heterocycles. The van der Waals surface area contributed by atoms with Crippen LogP contribution >= 0.6 is 0 Å². The van der Waals surface area contributed by atoms with Crippen molar-refractivity contribution < 1.29 is 14.3 Å². The Balaban J connectivity index is -0.000000482. The van der Waals surface area contributed by atoms with Crippen LogP contribution in [0.2, 0.25) is 18.1 Å². The van der Waals surface area contributed by atoms with Gasteiger partial charge in [-0.15, -0.1) is 11.8 Å². The molecule has 0 aromatic heterocycles. The predicted molar refractivity (Wildman–Crippen MR) is 397 cm³/mol. The van der Waals surface area contributed by atoms with Gasteiger partial charge in [0.15, 0.2) is 5.79 Å². The molecule has 85 heavy (non-hydrogen) atoms. The van der Waals surface area contributed by atoms with Crippen LogP contribution in [0.1, 0.15) is 423 Å². The van der Waals surface area contributed by atoms with Crippen molar-refractivity contribution in [2.45, 2.75) is 459 Å². The monoisotopic (exact) mass is 1230 g/mol. The lowest BCUT2D eigenvalue weighted by molar-refractivity contribution is -0.147. The van der Waals surface area contributed by atoms with E-state index in [0.717, 1.165) is 38.5 Å². The first-order valence-corrected chi connectivity index (χ1v) is 42.3. The van der Waals surface area contributed by atoms with Gasteiger partial charge in [-0.3, -0.25) is 4.79 Å². The molecule has 0 amide bonds. The predicted octanol–water partition coefficient (Wildman–Crippen LogP) is 26.7. The lowest BCUT2D eigenvalue weighted by atomic mass is 10.00. The third-order valence-corrected chi connectivity index (χ3v) is 18.8. The van der Waals surface area contributed by atoms with Gasteiger partial charge in [0, 0.05) is 39.0 Å².